The first kappa shape index (κ1) is 23.8. The Kier molecular flexibility index (Phi) is 7.43. The highest BCUT2D eigenvalue weighted by molar-refractivity contribution is 6.42. The highest BCUT2D eigenvalue weighted by Gasteiger charge is 2.40. The largest absolute Gasteiger partial charge is 0.335 e. The summed E-state index contributed by atoms with van der Waals surface area (Å²) in [6.45, 7) is 1.79. The summed E-state index contributed by atoms with van der Waals surface area (Å²) in [4.78, 5) is 28.0. The molecular weight excluding hydrogens is 459 g/mol. The minimum atomic E-state index is -0.248. The maximum absolute atomic E-state index is 13.9. The second kappa shape index (κ2) is 10.3. The monoisotopic (exact) mass is 486 g/mol. The molecule has 0 bridgehead atoms. The number of carbonyl (C=O) groups is 1. The number of rotatable bonds is 7. The number of hydrogen-bond donors (Lipinski definition) is 1. The molecule has 1 aromatic carbocycles. The third-order valence-electron chi connectivity index (χ3n) is 6.66. The molecular formula is C25H28Cl2N4O2. The Hall–Kier alpha value is -2.33. The van der Waals surface area contributed by atoms with Crippen molar-refractivity contribution < 1.29 is 4.79 Å². The summed E-state index contributed by atoms with van der Waals surface area (Å²) >= 11 is 12.9. The van der Waals surface area contributed by atoms with Gasteiger partial charge in [-0.15, -0.1) is 0 Å². The van der Waals surface area contributed by atoms with Crippen LogP contribution in [0, 0.1) is 17.2 Å². The van der Waals surface area contributed by atoms with Crippen LogP contribution in [0.4, 0.5) is 0 Å². The van der Waals surface area contributed by atoms with Gasteiger partial charge in [-0.3, -0.25) is 9.59 Å². The molecule has 2 aliphatic rings. The van der Waals surface area contributed by atoms with Crippen LogP contribution in [-0.4, -0.2) is 34.5 Å². The first-order chi connectivity index (χ1) is 15.9. The first-order valence-electron chi connectivity index (χ1n) is 11.4. The quantitative estimate of drug-likeness (QED) is 0.640. The molecule has 1 aliphatic carbocycles. The Morgan fingerprint density at radius 1 is 1.27 bits per heavy atom. The molecule has 8 heteroatoms. The van der Waals surface area contributed by atoms with Crippen LogP contribution in [-0.2, 0) is 24.8 Å². The van der Waals surface area contributed by atoms with E-state index in [9.17, 15) is 9.59 Å². The van der Waals surface area contributed by atoms with Crippen LogP contribution in [0.3, 0.4) is 0 Å². The number of nitrogens with zero attached hydrogens (tertiary/aromatic N) is 3. The molecule has 33 heavy (non-hydrogen) atoms. The topological polar surface area (TPSA) is 78.1 Å². The van der Waals surface area contributed by atoms with E-state index in [1.54, 1.807) is 29.9 Å². The number of hydrogen-bond acceptors (Lipinski definition) is 4. The number of carbonyl (C=O) groups excluding carboxylic acids is 1. The molecule has 1 saturated heterocycles. The number of nitriles is 1. The number of nitrogens with one attached hydrogen (secondary N) is 1. The normalized spacial score (nSPS) is 20.3. The number of aryl methyl sites for hydroxylation is 2. The van der Waals surface area contributed by atoms with Gasteiger partial charge in [0.1, 0.15) is 0 Å². The number of piperidine rings is 1. The lowest BCUT2D eigenvalue weighted by molar-refractivity contribution is -0.138. The van der Waals surface area contributed by atoms with Crippen molar-refractivity contribution in [2.24, 2.45) is 13.0 Å². The Morgan fingerprint density at radius 3 is 2.76 bits per heavy atom. The van der Waals surface area contributed by atoms with Crippen LogP contribution in [0.25, 0.3) is 0 Å². The Morgan fingerprint density at radius 2 is 2.06 bits per heavy atom. The van der Waals surface area contributed by atoms with E-state index in [1.807, 2.05) is 17.0 Å². The second-order valence-corrected chi connectivity index (χ2v) is 9.81. The van der Waals surface area contributed by atoms with Crippen LogP contribution in [0.1, 0.15) is 48.3 Å². The smallest absolute Gasteiger partial charge is 0.250 e. The summed E-state index contributed by atoms with van der Waals surface area (Å²) in [5.41, 5.74) is 2.62. The van der Waals surface area contributed by atoms with Crippen LogP contribution >= 0.6 is 23.2 Å². The van der Waals surface area contributed by atoms with Gasteiger partial charge in [-0.1, -0.05) is 29.3 Å². The molecule has 2 heterocycles. The zero-order valence-electron chi connectivity index (χ0n) is 18.7. The number of pyridine rings is 1. The second-order valence-electron chi connectivity index (χ2n) is 9.02. The van der Waals surface area contributed by atoms with Crippen LogP contribution in [0.15, 0.2) is 35.3 Å². The zero-order chi connectivity index (χ0) is 23.5. The molecule has 174 valence electrons. The van der Waals surface area contributed by atoms with E-state index in [-0.39, 0.29) is 29.3 Å². The van der Waals surface area contributed by atoms with Gasteiger partial charge in [-0.25, -0.2) is 0 Å². The molecule has 1 unspecified atom stereocenters. The highest BCUT2D eigenvalue weighted by Crippen LogP contribution is 2.37. The van der Waals surface area contributed by atoms with Crippen molar-refractivity contribution in [2.75, 3.05) is 13.1 Å². The number of aromatic nitrogens is 1. The summed E-state index contributed by atoms with van der Waals surface area (Å²) in [7, 11) is 1.73. The van der Waals surface area contributed by atoms with E-state index in [2.05, 4.69) is 11.4 Å². The standard InChI is InChI=1S/C25H28Cl2N4O2/c1-30-10-7-17(13-23(30)32)20-6-9-29-14-21(20)25(33)31(19-4-5-19)15-18-11-16(3-2-8-28)12-22(26)24(18)27/h7,10-13,19-21,29H,2-6,9,14-15H2,1H3/t20-,21?/m1/s1. The maximum Gasteiger partial charge on any atom is 0.250 e. The lowest BCUT2D eigenvalue weighted by Crippen LogP contribution is -2.47. The Labute approximate surface area is 204 Å². The van der Waals surface area contributed by atoms with Gasteiger partial charge in [0.15, 0.2) is 0 Å². The lowest BCUT2D eigenvalue weighted by Gasteiger charge is -2.36. The van der Waals surface area contributed by atoms with E-state index in [1.165, 1.54) is 0 Å². The minimum absolute atomic E-state index is 0.00470. The van der Waals surface area contributed by atoms with Gasteiger partial charge in [0, 0.05) is 44.9 Å². The van der Waals surface area contributed by atoms with Gasteiger partial charge in [-0.2, -0.15) is 5.26 Å². The minimum Gasteiger partial charge on any atom is -0.335 e. The molecule has 1 aromatic heterocycles. The van der Waals surface area contributed by atoms with Gasteiger partial charge in [0.2, 0.25) is 5.91 Å². The van der Waals surface area contributed by atoms with Gasteiger partial charge in [0.05, 0.1) is 22.0 Å². The van der Waals surface area contributed by atoms with Crippen molar-refractivity contribution >= 4 is 29.1 Å². The van der Waals surface area contributed by atoms with E-state index < -0.39 is 0 Å². The van der Waals surface area contributed by atoms with Crippen molar-refractivity contribution in [1.29, 1.82) is 5.26 Å². The number of halogens is 2. The van der Waals surface area contributed by atoms with Gasteiger partial charge in [0.25, 0.3) is 5.56 Å². The van der Waals surface area contributed by atoms with Crippen molar-refractivity contribution in [3.8, 4) is 6.07 Å². The summed E-state index contributed by atoms with van der Waals surface area (Å²) in [5.74, 6) is -0.164. The fraction of sp³-hybridized carbons (Fsp3) is 0.480. The molecule has 1 N–H and O–H groups in total. The fourth-order valence-electron chi connectivity index (χ4n) is 4.65. The SMILES string of the molecule is Cn1ccc([C@H]2CCNCC2C(=O)N(Cc2cc(CCC#N)cc(Cl)c2Cl)C2CC2)cc1=O. The summed E-state index contributed by atoms with van der Waals surface area (Å²) in [5, 5.41) is 13.2. The summed E-state index contributed by atoms with van der Waals surface area (Å²) < 4.78 is 1.54. The fourth-order valence-corrected chi connectivity index (χ4v) is 5.08. The van der Waals surface area contributed by atoms with Crippen molar-refractivity contribution in [3.63, 3.8) is 0 Å². The predicted molar refractivity (Wildman–Crippen MR) is 129 cm³/mol. The molecule has 0 spiro atoms. The van der Waals surface area contributed by atoms with E-state index in [4.69, 9.17) is 28.5 Å². The third-order valence-corrected chi connectivity index (χ3v) is 7.50. The predicted octanol–water partition coefficient (Wildman–Crippen LogP) is 4.03. The van der Waals surface area contributed by atoms with E-state index >= 15 is 0 Å². The van der Waals surface area contributed by atoms with Gasteiger partial charge >= 0.3 is 0 Å². The first-order valence-corrected chi connectivity index (χ1v) is 12.2. The van der Waals surface area contributed by atoms with Crippen LogP contribution in [0.2, 0.25) is 10.0 Å². The lowest BCUT2D eigenvalue weighted by atomic mass is 9.80. The highest BCUT2D eigenvalue weighted by atomic mass is 35.5. The summed E-state index contributed by atoms with van der Waals surface area (Å²) in [6.07, 6.45) is 5.51. The van der Waals surface area contributed by atoms with E-state index in [0.29, 0.717) is 36.0 Å². The van der Waals surface area contributed by atoms with Gasteiger partial charge < -0.3 is 14.8 Å². The van der Waals surface area contributed by atoms with Crippen LogP contribution < -0.4 is 10.9 Å². The number of benzene rings is 1. The van der Waals surface area contributed by atoms with Crippen molar-refractivity contribution in [3.05, 3.63) is 67.6 Å². The van der Waals surface area contributed by atoms with E-state index in [0.717, 1.165) is 42.5 Å². The number of amides is 1. The average Bonchev–Trinajstić information content (AvgIpc) is 3.65. The molecule has 2 aromatic rings. The van der Waals surface area contributed by atoms with Crippen LogP contribution in [0.5, 0.6) is 0 Å². The Bertz CT molecular complexity index is 1140. The van der Waals surface area contributed by atoms with Crippen molar-refractivity contribution in [1.82, 2.24) is 14.8 Å². The molecule has 6 nitrogen and oxygen atoms in total. The molecule has 1 amide bonds. The maximum atomic E-state index is 13.9. The third kappa shape index (κ3) is 5.43. The molecule has 0 radical (unpaired) electrons. The molecule has 4 rings (SSSR count). The summed E-state index contributed by atoms with van der Waals surface area (Å²) in [6, 6.07) is 9.73. The molecule has 1 saturated carbocycles. The molecule has 1 aliphatic heterocycles. The Balaban J connectivity index is 1.61. The van der Waals surface area contributed by atoms with Crippen molar-refractivity contribution in [2.45, 2.75) is 50.6 Å². The molecule has 2 fully saturated rings. The zero-order valence-corrected chi connectivity index (χ0v) is 20.2. The average molecular weight is 487 g/mol. The molecule has 2 atom stereocenters. The van der Waals surface area contributed by atoms with Gasteiger partial charge in [-0.05, 0) is 67.0 Å².